The Hall–Kier alpha value is -2.51. The van der Waals surface area contributed by atoms with Gasteiger partial charge in [-0.2, -0.15) is 5.10 Å². The first-order chi connectivity index (χ1) is 11.6. The molecule has 0 spiro atoms. The van der Waals surface area contributed by atoms with Crippen LogP contribution in [-0.4, -0.2) is 32.3 Å². The van der Waals surface area contributed by atoms with Crippen molar-refractivity contribution in [2.75, 3.05) is 6.54 Å². The van der Waals surface area contributed by atoms with Gasteiger partial charge >= 0.3 is 0 Å². The number of nitrogens with zero attached hydrogens (tertiary/aromatic N) is 3. The Bertz CT molecular complexity index is 798. The van der Waals surface area contributed by atoms with Gasteiger partial charge in [0.2, 0.25) is 0 Å². The van der Waals surface area contributed by atoms with E-state index in [1.54, 1.807) is 24.0 Å². The molecule has 1 atom stereocenters. The van der Waals surface area contributed by atoms with Crippen LogP contribution in [0.15, 0.2) is 54.4 Å². The van der Waals surface area contributed by atoms with Crippen LogP contribution >= 0.6 is 11.3 Å². The minimum Gasteiger partial charge on any atom is -0.383 e. The number of nitrogens with one attached hydrogen (secondary N) is 1. The molecule has 0 fully saturated rings. The molecule has 124 valence electrons. The van der Waals surface area contributed by atoms with Crippen molar-refractivity contribution in [1.29, 1.82) is 0 Å². The summed E-state index contributed by atoms with van der Waals surface area (Å²) in [6, 6.07) is 11.1. The topological polar surface area (TPSA) is 80.0 Å². The molecule has 3 aromatic rings. The minimum atomic E-state index is -1.09. The highest BCUT2D eigenvalue weighted by atomic mass is 32.1. The second kappa shape index (κ2) is 6.94. The standard InChI is InChI=1S/C17H18N4O2S/c1-17(23,15-7-4-8-24-15)10-19-16(22)14-6-3-2-5-13(14)9-21-12-18-11-20-21/h2-8,11-12,23H,9-10H2,1H3,(H,19,22). The van der Waals surface area contributed by atoms with Crippen molar-refractivity contribution in [3.63, 3.8) is 0 Å². The van der Waals surface area contributed by atoms with Gasteiger partial charge in [0, 0.05) is 10.4 Å². The van der Waals surface area contributed by atoms with Crippen molar-refractivity contribution in [1.82, 2.24) is 20.1 Å². The summed E-state index contributed by atoms with van der Waals surface area (Å²) < 4.78 is 1.66. The lowest BCUT2D eigenvalue weighted by molar-refractivity contribution is 0.0556. The maximum Gasteiger partial charge on any atom is 0.251 e. The maximum atomic E-state index is 12.5. The highest BCUT2D eigenvalue weighted by Crippen LogP contribution is 2.24. The van der Waals surface area contributed by atoms with Gasteiger partial charge < -0.3 is 10.4 Å². The molecule has 0 bridgehead atoms. The summed E-state index contributed by atoms with van der Waals surface area (Å²) in [6.45, 7) is 2.30. The molecular weight excluding hydrogens is 324 g/mol. The number of hydrogen-bond donors (Lipinski definition) is 2. The maximum absolute atomic E-state index is 12.5. The summed E-state index contributed by atoms with van der Waals surface area (Å²) >= 11 is 1.46. The number of carbonyl (C=O) groups is 1. The van der Waals surface area contributed by atoms with Crippen molar-refractivity contribution in [2.24, 2.45) is 0 Å². The fraction of sp³-hybridized carbons (Fsp3) is 0.235. The molecule has 3 rings (SSSR count). The molecular formula is C17H18N4O2S. The zero-order chi connectivity index (χ0) is 17.0. The van der Waals surface area contributed by atoms with Crippen molar-refractivity contribution in [3.8, 4) is 0 Å². The number of aliphatic hydroxyl groups is 1. The second-order valence-electron chi connectivity index (χ2n) is 5.68. The van der Waals surface area contributed by atoms with E-state index in [4.69, 9.17) is 0 Å². The van der Waals surface area contributed by atoms with Gasteiger partial charge in [-0.1, -0.05) is 24.3 Å². The highest BCUT2D eigenvalue weighted by molar-refractivity contribution is 7.10. The molecule has 0 saturated carbocycles. The lowest BCUT2D eigenvalue weighted by atomic mass is 10.0. The molecule has 0 aliphatic heterocycles. The Balaban J connectivity index is 1.71. The van der Waals surface area contributed by atoms with Crippen molar-refractivity contribution >= 4 is 17.2 Å². The lowest BCUT2D eigenvalue weighted by Gasteiger charge is -2.22. The van der Waals surface area contributed by atoms with E-state index in [1.165, 1.54) is 17.7 Å². The number of hydrogen-bond acceptors (Lipinski definition) is 5. The zero-order valence-corrected chi connectivity index (χ0v) is 14.0. The van der Waals surface area contributed by atoms with Crippen molar-refractivity contribution < 1.29 is 9.90 Å². The first-order valence-electron chi connectivity index (χ1n) is 7.51. The summed E-state index contributed by atoms with van der Waals surface area (Å²) in [5, 5.41) is 19.3. The van der Waals surface area contributed by atoms with Crippen LogP contribution < -0.4 is 5.32 Å². The Morgan fingerprint density at radius 2 is 2.17 bits per heavy atom. The van der Waals surface area contributed by atoms with Gasteiger partial charge in [-0.05, 0) is 30.0 Å². The Morgan fingerprint density at radius 1 is 1.33 bits per heavy atom. The number of amides is 1. The molecule has 24 heavy (non-hydrogen) atoms. The van der Waals surface area contributed by atoms with E-state index in [-0.39, 0.29) is 12.5 Å². The average molecular weight is 342 g/mol. The Morgan fingerprint density at radius 3 is 2.88 bits per heavy atom. The molecule has 2 aromatic heterocycles. The van der Waals surface area contributed by atoms with Gasteiger partial charge in [-0.25, -0.2) is 9.67 Å². The van der Waals surface area contributed by atoms with Gasteiger partial charge in [0.1, 0.15) is 18.3 Å². The minimum absolute atomic E-state index is 0.143. The van der Waals surface area contributed by atoms with Crippen LogP contribution in [-0.2, 0) is 12.1 Å². The molecule has 1 unspecified atom stereocenters. The Labute approximate surface area is 143 Å². The van der Waals surface area contributed by atoms with Crippen LogP contribution in [0.4, 0.5) is 0 Å². The van der Waals surface area contributed by atoms with E-state index < -0.39 is 5.60 Å². The molecule has 0 radical (unpaired) electrons. The van der Waals surface area contributed by atoms with Gasteiger partial charge in [-0.15, -0.1) is 11.3 Å². The third-order valence-corrected chi connectivity index (χ3v) is 4.83. The first-order valence-corrected chi connectivity index (χ1v) is 8.39. The van der Waals surface area contributed by atoms with E-state index in [9.17, 15) is 9.90 Å². The molecule has 2 N–H and O–H groups in total. The fourth-order valence-corrected chi connectivity index (χ4v) is 3.18. The number of carbonyl (C=O) groups excluding carboxylic acids is 1. The smallest absolute Gasteiger partial charge is 0.251 e. The average Bonchev–Trinajstić information content (AvgIpc) is 3.27. The molecule has 0 saturated heterocycles. The van der Waals surface area contributed by atoms with Gasteiger partial charge in [-0.3, -0.25) is 4.79 Å². The van der Waals surface area contributed by atoms with Gasteiger partial charge in [0.05, 0.1) is 13.1 Å². The van der Waals surface area contributed by atoms with Crippen LogP contribution in [0.25, 0.3) is 0 Å². The summed E-state index contributed by atoms with van der Waals surface area (Å²) in [5.41, 5.74) is 0.316. The van der Waals surface area contributed by atoms with Crippen molar-refractivity contribution in [3.05, 3.63) is 70.4 Å². The molecule has 0 aliphatic carbocycles. The second-order valence-corrected chi connectivity index (χ2v) is 6.63. The summed E-state index contributed by atoms with van der Waals surface area (Å²) in [7, 11) is 0. The molecule has 0 aliphatic rings. The zero-order valence-electron chi connectivity index (χ0n) is 13.2. The summed E-state index contributed by atoms with van der Waals surface area (Å²) in [6.07, 6.45) is 3.07. The van der Waals surface area contributed by atoms with Crippen molar-refractivity contribution in [2.45, 2.75) is 19.1 Å². The first kappa shape index (κ1) is 16.4. The third-order valence-electron chi connectivity index (χ3n) is 3.71. The number of aromatic nitrogens is 3. The van der Waals surface area contributed by atoms with E-state index in [1.807, 2.05) is 35.7 Å². The quantitative estimate of drug-likeness (QED) is 0.718. The molecule has 7 heteroatoms. The number of rotatable bonds is 6. The number of thiophene rings is 1. The normalized spacial score (nSPS) is 13.4. The van der Waals surface area contributed by atoms with E-state index in [2.05, 4.69) is 15.4 Å². The SMILES string of the molecule is CC(O)(CNC(=O)c1ccccc1Cn1cncn1)c1cccs1. The highest BCUT2D eigenvalue weighted by Gasteiger charge is 2.25. The van der Waals surface area contributed by atoms with Crippen LogP contribution in [0.5, 0.6) is 0 Å². The van der Waals surface area contributed by atoms with E-state index >= 15 is 0 Å². The fourth-order valence-electron chi connectivity index (χ4n) is 2.39. The predicted octanol–water partition coefficient (Wildman–Crippen LogP) is 2.03. The summed E-state index contributed by atoms with van der Waals surface area (Å²) in [4.78, 5) is 17.3. The Kier molecular flexibility index (Phi) is 4.73. The van der Waals surface area contributed by atoms with Gasteiger partial charge in [0.15, 0.2) is 0 Å². The molecule has 2 heterocycles. The largest absolute Gasteiger partial charge is 0.383 e. The lowest BCUT2D eigenvalue weighted by Crippen LogP contribution is -2.38. The van der Waals surface area contributed by atoms with E-state index in [0.29, 0.717) is 12.1 Å². The van der Waals surface area contributed by atoms with Crippen LogP contribution in [0.3, 0.4) is 0 Å². The van der Waals surface area contributed by atoms with E-state index in [0.717, 1.165) is 10.4 Å². The predicted molar refractivity (Wildman–Crippen MR) is 91.8 cm³/mol. The monoisotopic (exact) mass is 342 g/mol. The van der Waals surface area contributed by atoms with Crippen LogP contribution in [0.1, 0.15) is 27.7 Å². The van der Waals surface area contributed by atoms with Crippen LogP contribution in [0, 0.1) is 0 Å². The summed E-state index contributed by atoms with van der Waals surface area (Å²) in [5.74, 6) is -0.220. The number of benzene rings is 1. The molecule has 1 aromatic carbocycles. The third kappa shape index (κ3) is 3.69. The molecule has 1 amide bonds. The van der Waals surface area contributed by atoms with Gasteiger partial charge in [0.25, 0.3) is 5.91 Å². The molecule has 6 nitrogen and oxygen atoms in total. The van der Waals surface area contributed by atoms with Crippen LogP contribution in [0.2, 0.25) is 0 Å².